The van der Waals surface area contributed by atoms with Gasteiger partial charge >= 0.3 is 0 Å². The molecule has 3 rings (SSSR count). The summed E-state index contributed by atoms with van der Waals surface area (Å²) in [6.45, 7) is 3.38. The molecule has 0 saturated carbocycles. The quantitative estimate of drug-likeness (QED) is 0.892. The SMILES string of the molecule is CCc1ccccc1N1C[C@H](C(=O)N2CC[C@H](C(N)=O)C2)CC1=O. The maximum Gasteiger partial charge on any atom is 0.228 e. The first-order chi connectivity index (χ1) is 11.5. The van der Waals surface area contributed by atoms with Gasteiger partial charge in [-0.25, -0.2) is 0 Å². The Morgan fingerprint density at radius 1 is 1.21 bits per heavy atom. The van der Waals surface area contributed by atoms with Gasteiger partial charge in [0.05, 0.1) is 11.8 Å². The zero-order chi connectivity index (χ0) is 17.3. The third-order valence-electron chi connectivity index (χ3n) is 5.04. The zero-order valence-electron chi connectivity index (χ0n) is 13.9. The molecule has 2 fully saturated rings. The van der Waals surface area contributed by atoms with Crippen LogP contribution in [0.15, 0.2) is 24.3 Å². The molecular formula is C18H23N3O3. The van der Waals surface area contributed by atoms with Crippen molar-refractivity contribution < 1.29 is 14.4 Å². The summed E-state index contributed by atoms with van der Waals surface area (Å²) in [4.78, 5) is 39.8. The minimum atomic E-state index is -0.355. The fourth-order valence-electron chi connectivity index (χ4n) is 3.63. The Bertz CT molecular complexity index is 673. The minimum absolute atomic E-state index is 0.0140. The second kappa shape index (κ2) is 6.63. The van der Waals surface area contributed by atoms with Crippen molar-refractivity contribution in [3.63, 3.8) is 0 Å². The molecule has 2 saturated heterocycles. The number of likely N-dealkylation sites (tertiary alicyclic amines) is 1. The van der Waals surface area contributed by atoms with Crippen LogP contribution in [-0.2, 0) is 20.8 Å². The normalized spacial score (nSPS) is 23.8. The molecule has 6 heteroatoms. The molecule has 0 spiro atoms. The van der Waals surface area contributed by atoms with Gasteiger partial charge in [0, 0.05) is 31.7 Å². The summed E-state index contributed by atoms with van der Waals surface area (Å²) in [5.74, 6) is -1.01. The molecule has 128 valence electrons. The van der Waals surface area contributed by atoms with Crippen molar-refractivity contribution in [1.29, 1.82) is 0 Å². The average Bonchev–Trinajstić information content (AvgIpc) is 3.21. The molecule has 2 N–H and O–H groups in total. The third-order valence-corrected chi connectivity index (χ3v) is 5.04. The van der Waals surface area contributed by atoms with Crippen molar-refractivity contribution in [2.75, 3.05) is 24.5 Å². The monoisotopic (exact) mass is 329 g/mol. The highest BCUT2D eigenvalue weighted by Crippen LogP contribution is 2.30. The number of benzene rings is 1. The summed E-state index contributed by atoms with van der Waals surface area (Å²) in [5, 5.41) is 0. The molecule has 0 radical (unpaired) electrons. The first-order valence-corrected chi connectivity index (χ1v) is 8.47. The van der Waals surface area contributed by atoms with E-state index in [1.54, 1.807) is 9.80 Å². The van der Waals surface area contributed by atoms with Crippen LogP contribution in [0.4, 0.5) is 5.69 Å². The largest absolute Gasteiger partial charge is 0.369 e. The van der Waals surface area contributed by atoms with Gasteiger partial charge in [-0.05, 0) is 24.5 Å². The van der Waals surface area contributed by atoms with Gasteiger partial charge in [0.1, 0.15) is 0 Å². The maximum absolute atomic E-state index is 12.7. The average molecular weight is 329 g/mol. The Labute approximate surface area is 141 Å². The summed E-state index contributed by atoms with van der Waals surface area (Å²) in [6, 6.07) is 7.81. The van der Waals surface area contributed by atoms with E-state index >= 15 is 0 Å². The number of hydrogen-bond donors (Lipinski definition) is 1. The van der Waals surface area contributed by atoms with Crippen LogP contribution in [0, 0.1) is 11.8 Å². The van der Waals surface area contributed by atoms with Crippen LogP contribution in [0.3, 0.4) is 0 Å². The Morgan fingerprint density at radius 3 is 2.62 bits per heavy atom. The van der Waals surface area contributed by atoms with Gasteiger partial charge in [0.2, 0.25) is 17.7 Å². The Kier molecular flexibility index (Phi) is 4.55. The van der Waals surface area contributed by atoms with Crippen LogP contribution in [-0.4, -0.2) is 42.3 Å². The summed E-state index contributed by atoms with van der Waals surface area (Å²) in [5.41, 5.74) is 7.33. The van der Waals surface area contributed by atoms with Crippen LogP contribution in [0.5, 0.6) is 0 Å². The molecule has 3 amide bonds. The Morgan fingerprint density at radius 2 is 1.96 bits per heavy atom. The molecule has 1 aromatic rings. The molecule has 6 nitrogen and oxygen atoms in total. The number of anilines is 1. The van der Waals surface area contributed by atoms with E-state index in [0.717, 1.165) is 17.7 Å². The number of carbonyl (C=O) groups is 3. The molecular weight excluding hydrogens is 306 g/mol. The molecule has 0 aliphatic carbocycles. The van der Waals surface area contributed by atoms with E-state index in [1.807, 2.05) is 24.3 Å². The number of carbonyl (C=O) groups excluding carboxylic acids is 3. The lowest BCUT2D eigenvalue weighted by Crippen LogP contribution is -2.37. The van der Waals surface area contributed by atoms with E-state index < -0.39 is 0 Å². The predicted octanol–water partition coefficient (Wildman–Crippen LogP) is 0.936. The number of aryl methyl sites for hydroxylation is 1. The van der Waals surface area contributed by atoms with Crippen LogP contribution in [0.25, 0.3) is 0 Å². The number of amides is 3. The molecule has 1 aromatic carbocycles. The van der Waals surface area contributed by atoms with Gasteiger partial charge in [0.25, 0.3) is 0 Å². The van der Waals surface area contributed by atoms with Crippen molar-refractivity contribution >= 4 is 23.4 Å². The number of rotatable bonds is 4. The van der Waals surface area contributed by atoms with Crippen molar-refractivity contribution in [3.8, 4) is 0 Å². The number of primary amides is 1. The summed E-state index contributed by atoms with van der Waals surface area (Å²) in [6.07, 6.45) is 1.68. The number of para-hydroxylation sites is 1. The van der Waals surface area contributed by atoms with E-state index in [-0.39, 0.29) is 36.0 Å². The van der Waals surface area contributed by atoms with Crippen molar-refractivity contribution in [2.24, 2.45) is 17.6 Å². The highest BCUT2D eigenvalue weighted by atomic mass is 16.2. The Balaban J connectivity index is 1.71. The molecule has 24 heavy (non-hydrogen) atoms. The van der Waals surface area contributed by atoms with Crippen molar-refractivity contribution in [2.45, 2.75) is 26.2 Å². The predicted molar refractivity (Wildman–Crippen MR) is 90.2 cm³/mol. The van der Waals surface area contributed by atoms with Crippen molar-refractivity contribution in [1.82, 2.24) is 4.90 Å². The maximum atomic E-state index is 12.7. The molecule has 0 bridgehead atoms. The van der Waals surface area contributed by atoms with E-state index in [2.05, 4.69) is 6.92 Å². The Hall–Kier alpha value is -2.37. The first kappa shape index (κ1) is 16.5. The van der Waals surface area contributed by atoms with Crippen molar-refractivity contribution in [3.05, 3.63) is 29.8 Å². The third kappa shape index (κ3) is 3.00. The second-order valence-corrected chi connectivity index (χ2v) is 6.56. The van der Waals surface area contributed by atoms with Crippen LogP contribution >= 0.6 is 0 Å². The summed E-state index contributed by atoms with van der Waals surface area (Å²) in [7, 11) is 0. The highest BCUT2D eigenvalue weighted by molar-refractivity contribution is 6.01. The standard InChI is InChI=1S/C18H23N3O3/c1-2-12-5-3-4-6-15(12)21-11-14(9-16(21)22)18(24)20-8-7-13(10-20)17(19)23/h3-6,13-14H,2,7-11H2,1H3,(H2,19,23)/t13-,14+/m0/s1. The second-order valence-electron chi connectivity index (χ2n) is 6.56. The topological polar surface area (TPSA) is 83.7 Å². The minimum Gasteiger partial charge on any atom is -0.369 e. The lowest BCUT2D eigenvalue weighted by atomic mass is 10.1. The van der Waals surface area contributed by atoms with Crippen LogP contribution in [0.2, 0.25) is 0 Å². The van der Waals surface area contributed by atoms with Gasteiger partial charge in [-0.15, -0.1) is 0 Å². The van der Waals surface area contributed by atoms with E-state index in [9.17, 15) is 14.4 Å². The highest BCUT2D eigenvalue weighted by Gasteiger charge is 2.40. The lowest BCUT2D eigenvalue weighted by Gasteiger charge is -2.22. The zero-order valence-corrected chi connectivity index (χ0v) is 13.9. The van der Waals surface area contributed by atoms with Crippen LogP contribution < -0.4 is 10.6 Å². The molecule has 0 aromatic heterocycles. The number of nitrogens with two attached hydrogens (primary N) is 1. The number of nitrogens with zero attached hydrogens (tertiary/aromatic N) is 2. The van der Waals surface area contributed by atoms with E-state index in [4.69, 9.17) is 5.73 Å². The fraction of sp³-hybridized carbons (Fsp3) is 0.500. The molecule has 2 heterocycles. The molecule has 2 aliphatic heterocycles. The van der Waals surface area contributed by atoms with E-state index in [0.29, 0.717) is 26.1 Å². The smallest absolute Gasteiger partial charge is 0.228 e. The van der Waals surface area contributed by atoms with Gasteiger partial charge in [-0.3, -0.25) is 14.4 Å². The number of hydrogen-bond acceptors (Lipinski definition) is 3. The first-order valence-electron chi connectivity index (χ1n) is 8.47. The van der Waals surface area contributed by atoms with E-state index in [1.165, 1.54) is 0 Å². The van der Waals surface area contributed by atoms with Gasteiger partial charge in [-0.1, -0.05) is 25.1 Å². The molecule has 2 atom stereocenters. The van der Waals surface area contributed by atoms with Gasteiger partial charge in [0.15, 0.2) is 0 Å². The molecule has 0 unspecified atom stereocenters. The summed E-state index contributed by atoms with van der Waals surface area (Å²) >= 11 is 0. The van der Waals surface area contributed by atoms with Gasteiger partial charge < -0.3 is 15.5 Å². The van der Waals surface area contributed by atoms with Gasteiger partial charge in [-0.2, -0.15) is 0 Å². The fourth-order valence-corrected chi connectivity index (χ4v) is 3.63. The lowest BCUT2D eigenvalue weighted by molar-refractivity contribution is -0.135. The van der Waals surface area contributed by atoms with Crippen LogP contribution in [0.1, 0.15) is 25.3 Å². The summed E-state index contributed by atoms with van der Waals surface area (Å²) < 4.78 is 0. The molecule has 2 aliphatic rings.